The fourth-order valence-corrected chi connectivity index (χ4v) is 3.93. The van der Waals surface area contributed by atoms with E-state index in [4.69, 9.17) is 0 Å². The third-order valence-electron chi connectivity index (χ3n) is 4.93. The van der Waals surface area contributed by atoms with Gasteiger partial charge in [-0.25, -0.2) is 4.98 Å². The molecule has 6 nitrogen and oxygen atoms in total. The van der Waals surface area contributed by atoms with Crippen molar-refractivity contribution in [2.45, 2.75) is 25.7 Å². The molecule has 2 bridgehead atoms. The molecular weight excluding hydrogens is 252 g/mol. The minimum absolute atomic E-state index is 0.611. The molecule has 6 heteroatoms. The number of nitrogens with one attached hydrogen (secondary N) is 3. The minimum Gasteiger partial charge on any atom is -0.368 e. The van der Waals surface area contributed by atoms with Crippen molar-refractivity contribution in [3.05, 3.63) is 6.33 Å². The molecule has 3 N–H and O–H groups in total. The summed E-state index contributed by atoms with van der Waals surface area (Å²) < 4.78 is 0. The Morgan fingerprint density at radius 2 is 2.25 bits per heavy atom. The van der Waals surface area contributed by atoms with Gasteiger partial charge in [0.05, 0.1) is 6.33 Å². The van der Waals surface area contributed by atoms with Gasteiger partial charge in [-0.05, 0) is 37.0 Å². The Labute approximate surface area is 117 Å². The number of anilines is 2. The first-order valence-corrected chi connectivity index (χ1v) is 7.46. The molecule has 4 rings (SSSR count). The van der Waals surface area contributed by atoms with E-state index in [0.29, 0.717) is 11.6 Å². The zero-order chi connectivity index (χ0) is 13.5. The van der Waals surface area contributed by atoms with E-state index in [0.717, 1.165) is 35.6 Å². The lowest BCUT2D eigenvalue weighted by atomic mass is 9.89. The number of nitrogens with zero attached hydrogens (tertiary/aromatic N) is 3. The van der Waals surface area contributed by atoms with Crippen molar-refractivity contribution in [2.24, 2.45) is 17.8 Å². The maximum absolute atomic E-state index is 4.51. The summed E-state index contributed by atoms with van der Waals surface area (Å²) in [5, 5.41) is 6.50. The van der Waals surface area contributed by atoms with Gasteiger partial charge in [-0.2, -0.15) is 9.97 Å². The number of fused-ring (bicyclic) bond motifs is 3. The first-order chi connectivity index (χ1) is 9.83. The number of H-pyrrole nitrogens is 1. The molecule has 106 valence electrons. The first kappa shape index (κ1) is 11.9. The lowest BCUT2D eigenvalue weighted by Gasteiger charge is -2.22. The van der Waals surface area contributed by atoms with Crippen LogP contribution in [0.5, 0.6) is 0 Å². The fourth-order valence-electron chi connectivity index (χ4n) is 3.93. The van der Waals surface area contributed by atoms with Gasteiger partial charge in [-0.3, -0.25) is 0 Å². The van der Waals surface area contributed by atoms with Gasteiger partial charge in [-0.15, -0.1) is 0 Å². The van der Waals surface area contributed by atoms with E-state index in [2.05, 4.69) is 30.6 Å². The van der Waals surface area contributed by atoms with Crippen molar-refractivity contribution in [1.29, 1.82) is 0 Å². The summed E-state index contributed by atoms with van der Waals surface area (Å²) >= 11 is 0. The molecule has 0 aliphatic heterocycles. The molecule has 0 saturated heterocycles. The third kappa shape index (κ3) is 1.90. The van der Waals surface area contributed by atoms with Crippen molar-refractivity contribution in [3.8, 4) is 0 Å². The molecule has 3 unspecified atom stereocenters. The van der Waals surface area contributed by atoms with Gasteiger partial charge >= 0.3 is 0 Å². The van der Waals surface area contributed by atoms with Crippen LogP contribution in [0.15, 0.2) is 6.33 Å². The number of hydrogen-bond acceptors (Lipinski definition) is 5. The SMILES string of the molecule is CNc1nc(NCC2CC3CCC2C3)c2[nH]cnc2n1. The van der Waals surface area contributed by atoms with Crippen LogP contribution < -0.4 is 10.6 Å². The fraction of sp³-hybridized carbons (Fsp3) is 0.643. The highest BCUT2D eigenvalue weighted by molar-refractivity contribution is 5.83. The maximum Gasteiger partial charge on any atom is 0.226 e. The van der Waals surface area contributed by atoms with Crippen LogP contribution in [0.25, 0.3) is 11.2 Å². The van der Waals surface area contributed by atoms with Crippen molar-refractivity contribution in [1.82, 2.24) is 19.9 Å². The molecule has 0 aromatic carbocycles. The second-order valence-electron chi connectivity index (χ2n) is 6.06. The second-order valence-corrected chi connectivity index (χ2v) is 6.06. The Balaban J connectivity index is 1.54. The highest BCUT2D eigenvalue weighted by Crippen LogP contribution is 2.48. The maximum atomic E-state index is 4.51. The third-order valence-corrected chi connectivity index (χ3v) is 4.93. The molecule has 2 fully saturated rings. The van der Waals surface area contributed by atoms with E-state index in [1.165, 1.54) is 25.7 Å². The van der Waals surface area contributed by atoms with Crippen LogP contribution in [-0.4, -0.2) is 33.5 Å². The number of hydrogen-bond donors (Lipinski definition) is 3. The minimum atomic E-state index is 0.611. The molecule has 2 heterocycles. The molecular formula is C14H20N6. The summed E-state index contributed by atoms with van der Waals surface area (Å²) in [5.74, 6) is 4.19. The van der Waals surface area contributed by atoms with E-state index in [-0.39, 0.29) is 0 Å². The zero-order valence-electron chi connectivity index (χ0n) is 11.7. The van der Waals surface area contributed by atoms with E-state index in [1.54, 1.807) is 6.33 Å². The van der Waals surface area contributed by atoms with Crippen LogP contribution in [0, 0.1) is 17.8 Å². The van der Waals surface area contributed by atoms with Crippen molar-refractivity contribution >= 4 is 22.9 Å². The van der Waals surface area contributed by atoms with E-state index < -0.39 is 0 Å². The first-order valence-electron chi connectivity index (χ1n) is 7.46. The Bertz CT molecular complexity index is 621. The highest BCUT2D eigenvalue weighted by Gasteiger charge is 2.39. The van der Waals surface area contributed by atoms with Crippen molar-refractivity contribution in [3.63, 3.8) is 0 Å². The molecule has 0 amide bonds. The Morgan fingerprint density at radius 1 is 1.30 bits per heavy atom. The van der Waals surface area contributed by atoms with E-state index >= 15 is 0 Å². The van der Waals surface area contributed by atoms with Crippen molar-refractivity contribution < 1.29 is 0 Å². The topological polar surface area (TPSA) is 78.5 Å². The molecule has 20 heavy (non-hydrogen) atoms. The van der Waals surface area contributed by atoms with Gasteiger partial charge in [0, 0.05) is 13.6 Å². The lowest BCUT2D eigenvalue weighted by molar-refractivity contribution is 0.348. The predicted molar refractivity (Wildman–Crippen MR) is 78.7 cm³/mol. The molecule has 2 aliphatic rings. The van der Waals surface area contributed by atoms with Crippen LogP contribution in [0.3, 0.4) is 0 Å². The van der Waals surface area contributed by atoms with Gasteiger partial charge in [0.15, 0.2) is 11.5 Å². The monoisotopic (exact) mass is 272 g/mol. The van der Waals surface area contributed by atoms with Crippen LogP contribution in [0.4, 0.5) is 11.8 Å². The van der Waals surface area contributed by atoms with Gasteiger partial charge in [-0.1, -0.05) is 6.42 Å². The predicted octanol–water partition coefficient (Wildman–Crippen LogP) is 2.24. The Morgan fingerprint density at radius 3 is 3.00 bits per heavy atom. The summed E-state index contributed by atoms with van der Waals surface area (Å²) in [7, 11) is 1.83. The molecule has 2 saturated carbocycles. The lowest BCUT2D eigenvalue weighted by Crippen LogP contribution is -2.21. The van der Waals surface area contributed by atoms with Gasteiger partial charge < -0.3 is 15.6 Å². The van der Waals surface area contributed by atoms with Crippen LogP contribution in [0.2, 0.25) is 0 Å². The zero-order valence-corrected chi connectivity index (χ0v) is 11.7. The summed E-state index contributed by atoms with van der Waals surface area (Å²) in [4.78, 5) is 16.2. The number of imidazole rings is 1. The van der Waals surface area contributed by atoms with Crippen LogP contribution in [-0.2, 0) is 0 Å². The van der Waals surface area contributed by atoms with Crippen LogP contribution in [0.1, 0.15) is 25.7 Å². The largest absolute Gasteiger partial charge is 0.368 e. The van der Waals surface area contributed by atoms with E-state index in [1.807, 2.05) is 7.05 Å². The van der Waals surface area contributed by atoms with Crippen LogP contribution >= 0.6 is 0 Å². The Hall–Kier alpha value is -1.85. The Kier molecular flexibility index (Phi) is 2.75. The summed E-state index contributed by atoms with van der Waals surface area (Å²) in [5.41, 5.74) is 1.60. The average Bonchev–Trinajstić information content (AvgIpc) is 3.19. The molecule has 0 spiro atoms. The number of rotatable bonds is 4. The van der Waals surface area contributed by atoms with Crippen molar-refractivity contribution in [2.75, 3.05) is 24.2 Å². The molecule has 2 aromatic rings. The smallest absolute Gasteiger partial charge is 0.226 e. The van der Waals surface area contributed by atoms with Gasteiger partial charge in [0.2, 0.25) is 5.95 Å². The van der Waals surface area contributed by atoms with E-state index in [9.17, 15) is 0 Å². The molecule has 2 aliphatic carbocycles. The van der Waals surface area contributed by atoms with Gasteiger partial charge in [0.1, 0.15) is 5.52 Å². The summed E-state index contributed by atoms with van der Waals surface area (Å²) in [6.07, 6.45) is 7.36. The number of aromatic amines is 1. The highest BCUT2D eigenvalue weighted by atomic mass is 15.2. The summed E-state index contributed by atoms with van der Waals surface area (Å²) in [6.45, 7) is 1.01. The molecule has 3 atom stereocenters. The molecule has 0 radical (unpaired) electrons. The average molecular weight is 272 g/mol. The second kappa shape index (κ2) is 4.61. The van der Waals surface area contributed by atoms with Gasteiger partial charge in [0.25, 0.3) is 0 Å². The molecule has 2 aromatic heterocycles. The number of aromatic nitrogens is 4. The summed E-state index contributed by atoms with van der Waals surface area (Å²) in [6, 6.07) is 0. The quantitative estimate of drug-likeness (QED) is 0.795. The normalized spacial score (nSPS) is 28.1. The standard InChI is InChI=1S/C14H20N6/c1-15-14-19-12(11-13(20-14)18-7-17-11)16-6-10-5-8-2-3-9(10)4-8/h7-10H,2-6H2,1H3,(H3,15,16,17,18,19,20).